The van der Waals surface area contributed by atoms with Crippen LogP contribution in [0.25, 0.3) is 11.1 Å². The molecule has 0 amide bonds. The van der Waals surface area contributed by atoms with E-state index in [1.165, 1.54) is 6.07 Å². The molecule has 1 aromatic heterocycles. The van der Waals surface area contributed by atoms with E-state index in [1.54, 1.807) is 0 Å². The maximum Gasteiger partial charge on any atom is 0.417 e. The molecular formula is C7H2Cl3NO2. The average molecular weight is 238 g/mol. The Morgan fingerprint density at radius 1 is 1.23 bits per heavy atom. The summed E-state index contributed by atoms with van der Waals surface area (Å²) < 4.78 is 4.75. The molecule has 13 heavy (non-hydrogen) atoms. The summed E-state index contributed by atoms with van der Waals surface area (Å²) in [6, 6.07) is 1.48. The fraction of sp³-hybridized carbons (Fsp3) is 0. The molecule has 1 heterocycles. The van der Waals surface area contributed by atoms with Crippen LogP contribution in [-0.2, 0) is 0 Å². The number of fused-ring (bicyclic) bond motifs is 1. The minimum atomic E-state index is -0.588. The van der Waals surface area contributed by atoms with Gasteiger partial charge in [-0.2, -0.15) is 0 Å². The first-order chi connectivity index (χ1) is 6.09. The van der Waals surface area contributed by atoms with Gasteiger partial charge in [-0.3, -0.25) is 4.98 Å². The minimum absolute atomic E-state index is 0.141. The number of benzene rings is 1. The van der Waals surface area contributed by atoms with Crippen molar-refractivity contribution in [2.45, 2.75) is 0 Å². The van der Waals surface area contributed by atoms with Crippen LogP contribution in [-0.4, -0.2) is 4.98 Å². The highest BCUT2D eigenvalue weighted by molar-refractivity contribution is 6.50. The Morgan fingerprint density at radius 2 is 1.92 bits per heavy atom. The van der Waals surface area contributed by atoms with Crippen LogP contribution in [0.15, 0.2) is 15.3 Å². The predicted molar refractivity (Wildman–Crippen MR) is 51.9 cm³/mol. The summed E-state index contributed by atoms with van der Waals surface area (Å²) in [7, 11) is 0. The van der Waals surface area contributed by atoms with Gasteiger partial charge >= 0.3 is 5.76 Å². The molecule has 2 aromatic rings. The molecule has 2 rings (SSSR count). The molecule has 0 saturated carbocycles. The van der Waals surface area contributed by atoms with Gasteiger partial charge in [0.1, 0.15) is 5.02 Å². The Kier molecular flexibility index (Phi) is 2.02. The van der Waals surface area contributed by atoms with Crippen LogP contribution in [0.4, 0.5) is 0 Å². The lowest BCUT2D eigenvalue weighted by atomic mass is 10.3. The highest BCUT2D eigenvalue weighted by atomic mass is 35.5. The molecule has 0 aliphatic carbocycles. The highest BCUT2D eigenvalue weighted by Gasteiger charge is 2.12. The Balaban J connectivity index is 3.00. The normalized spacial score (nSPS) is 11.0. The number of hydrogen-bond donors (Lipinski definition) is 1. The number of aromatic amines is 1. The van der Waals surface area contributed by atoms with Gasteiger partial charge in [-0.15, -0.1) is 0 Å². The van der Waals surface area contributed by atoms with E-state index in [2.05, 4.69) is 4.98 Å². The molecule has 3 nitrogen and oxygen atoms in total. The van der Waals surface area contributed by atoms with Gasteiger partial charge < -0.3 is 4.42 Å². The SMILES string of the molecule is O=c1[nH]c2cc(Cl)c(Cl)c(Cl)c2o1. The minimum Gasteiger partial charge on any atom is -0.406 e. The largest absolute Gasteiger partial charge is 0.417 e. The van der Waals surface area contributed by atoms with Crippen molar-refractivity contribution in [3.05, 3.63) is 31.7 Å². The van der Waals surface area contributed by atoms with Gasteiger partial charge in [0, 0.05) is 0 Å². The summed E-state index contributed by atoms with van der Waals surface area (Å²) in [5, 5.41) is 0.595. The number of halogens is 3. The van der Waals surface area contributed by atoms with Crippen LogP contribution >= 0.6 is 34.8 Å². The van der Waals surface area contributed by atoms with Crippen LogP contribution in [0.2, 0.25) is 15.1 Å². The maximum absolute atomic E-state index is 10.8. The van der Waals surface area contributed by atoms with E-state index in [0.717, 1.165) is 0 Å². The van der Waals surface area contributed by atoms with E-state index in [4.69, 9.17) is 39.2 Å². The van der Waals surface area contributed by atoms with Crippen molar-refractivity contribution in [2.24, 2.45) is 0 Å². The summed E-state index contributed by atoms with van der Waals surface area (Å²) in [6.07, 6.45) is 0. The van der Waals surface area contributed by atoms with E-state index >= 15 is 0 Å². The van der Waals surface area contributed by atoms with Gasteiger partial charge in [-0.25, -0.2) is 4.79 Å². The first-order valence-electron chi connectivity index (χ1n) is 3.26. The second-order valence-corrected chi connectivity index (χ2v) is 3.54. The first-order valence-corrected chi connectivity index (χ1v) is 4.39. The molecular weight excluding hydrogens is 236 g/mol. The lowest BCUT2D eigenvalue weighted by Crippen LogP contribution is -1.92. The zero-order chi connectivity index (χ0) is 9.59. The molecule has 1 N–H and O–H groups in total. The van der Waals surface area contributed by atoms with Crippen LogP contribution in [0, 0.1) is 0 Å². The van der Waals surface area contributed by atoms with E-state index in [9.17, 15) is 4.79 Å². The summed E-state index contributed by atoms with van der Waals surface area (Å²) in [5.74, 6) is -0.588. The molecule has 6 heteroatoms. The molecule has 68 valence electrons. The molecule has 0 atom stereocenters. The van der Waals surface area contributed by atoms with Gasteiger partial charge in [0.2, 0.25) is 0 Å². The van der Waals surface area contributed by atoms with Crippen LogP contribution in [0.1, 0.15) is 0 Å². The van der Waals surface area contributed by atoms with Crippen molar-refractivity contribution < 1.29 is 4.42 Å². The molecule has 1 aromatic carbocycles. The van der Waals surface area contributed by atoms with Gasteiger partial charge in [-0.1, -0.05) is 34.8 Å². The third kappa shape index (κ3) is 1.33. The number of hydrogen-bond acceptors (Lipinski definition) is 2. The fourth-order valence-corrected chi connectivity index (χ4v) is 1.63. The zero-order valence-corrected chi connectivity index (χ0v) is 8.30. The van der Waals surface area contributed by atoms with Crippen molar-refractivity contribution >= 4 is 45.9 Å². The van der Waals surface area contributed by atoms with Crippen LogP contribution in [0.5, 0.6) is 0 Å². The second kappa shape index (κ2) is 2.94. The summed E-state index contributed by atoms with van der Waals surface area (Å²) in [4.78, 5) is 13.2. The Hall–Kier alpha value is -0.640. The third-order valence-corrected chi connectivity index (χ3v) is 2.79. The second-order valence-electron chi connectivity index (χ2n) is 2.38. The summed E-state index contributed by atoms with van der Waals surface area (Å²) in [6.45, 7) is 0. The molecule has 0 unspecified atom stereocenters. The predicted octanol–water partition coefficient (Wildman–Crippen LogP) is 3.08. The standard InChI is InChI=1S/C7H2Cl3NO2/c8-2-1-3-6(5(10)4(2)9)13-7(12)11-3/h1H,(H,11,12). The smallest absolute Gasteiger partial charge is 0.406 e. The van der Waals surface area contributed by atoms with Crippen molar-refractivity contribution in [3.8, 4) is 0 Å². The number of rotatable bonds is 0. The van der Waals surface area contributed by atoms with Crippen molar-refractivity contribution in [1.29, 1.82) is 0 Å². The summed E-state index contributed by atoms with van der Waals surface area (Å²) >= 11 is 17.2. The number of aromatic nitrogens is 1. The molecule has 0 aliphatic heterocycles. The Morgan fingerprint density at radius 3 is 2.62 bits per heavy atom. The van der Waals surface area contributed by atoms with Gasteiger partial charge in [0.05, 0.1) is 15.6 Å². The lowest BCUT2D eigenvalue weighted by Gasteiger charge is -1.97. The first kappa shape index (κ1) is 8.94. The fourth-order valence-electron chi connectivity index (χ4n) is 0.999. The molecule has 0 bridgehead atoms. The molecule has 0 spiro atoms. The maximum atomic E-state index is 10.8. The van der Waals surface area contributed by atoms with Crippen molar-refractivity contribution in [1.82, 2.24) is 4.98 Å². The topological polar surface area (TPSA) is 46.0 Å². The highest BCUT2D eigenvalue weighted by Crippen LogP contribution is 2.35. The lowest BCUT2D eigenvalue weighted by molar-refractivity contribution is 0.555. The van der Waals surface area contributed by atoms with Crippen LogP contribution < -0.4 is 5.76 Å². The number of oxazole rings is 1. The van der Waals surface area contributed by atoms with Crippen molar-refractivity contribution in [3.63, 3.8) is 0 Å². The quantitative estimate of drug-likeness (QED) is 0.717. The van der Waals surface area contributed by atoms with E-state index < -0.39 is 5.76 Å². The Labute approximate surface area is 87.2 Å². The average Bonchev–Trinajstić information content (AvgIpc) is 2.42. The molecule has 0 saturated heterocycles. The molecule has 0 fully saturated rings. The van der Waals surface area contributed by atoms with Gasteiger partial charge in [0.25, 0.3) is 0 Å². The van der Waals surface area contributed by atoms with E-state index in [1.807, 2.05) is 0 Å². The van der Waals surface area contributed by atoms with Gasteiger partial charge in [-0.05, 0) is 6.07 Å². The van der Waals surface area contributed by atoms with Crippen LogP contribution in [0.3, 0.4) is 0 Å². The van der Waals surface area contributed by atoms with Gasteiger partial charge in [0.15, 0.2) is 5.58 Å². The number of H-pyrrole nitrogens is 1. The van der Waals surface area contributed by atoms with Crippen molar-refractivity contribution in [2.75, 3.05) is 0 Å². The van der Waals surface area contributed by atoms with E-state index in [-0.39, 0.29) is 20.7 Å². The Bertz CT molecular complexity index is 528. The summed E-state index contributed by atoms with van der Waals surface area (Å²) in [5.41, 5.74) is 0.658. The monoisotopic (exact) mass is 237 g/mol. The molecule has 0 radical (unpaired) electrons. The van der Waals surface area contributed by atoms with E-state index in [0.29, 0.717) is 5.52 Å². The molecule has 0 aliphatic rings. The zero-order valence-electron chi connectivity index (χ0n) is 6.03. The number of nitrogens with one attached hydrogen (secondary N) is 1. The third-order valence-electron chi connectivity index (χ3n) is 1.55.